The van der Waals surface area contributed by atoms with E-state index in [9.17, 15) is 4.79 Å². The van der Waals surface area contributed by atoms with E-state index in [2.05, 4.69) is 25.9 Å². The topological polar surface area (TPSA) is 85.1 Å². The highest BCUT2D eigenvalue weighted by atomic mass is 35.5. The molecule has 8 heteroatoms. The van der Waals surface area contributed by atoms with Crippen molar-refractivity contribution in [2.45, 2.75) is 6.54 Å². The summed E-state index contributed by atoms with van der Waals surface area (Å²) in [6.45, 7) is -0.0912. The van der Waals surface area contributed by atoms with E-state index in [1.807, 2.05) is 48.5 Å². The highest BCUT2D eigenvalue weighted by Gasteiger charge is 2.05. The molecule has 0 fully saturated rings. The first-order chi connectivity index (χ1) is 12.7. The van der Waals surface area contributed by atoms with Crippen molar-refractivity contribution < 1.29 is 4.79 Å². The van der Waals surface area contributed by atoms with Crippen LogP contribution in [-0.2, 0) is 11.3 Å². The average molecular weight is 367 g/mol. The van der Waals surface area contributed by atoms with Crippen molar-refractivity contribution in [3.05, 3.63) is 76.6 Å². The molecule has 0 atom stereocenters. The molecule has 1 N–H and O–H groups in total. The van der Waals surface area contributed by atoms with Gasteiger partial charge in [0.05, 0.1) is 6.21 Å². The Morgan fingerprint density at radius 2 is 1.88 bits per heavy atom. The van der Waals surface area contributed by atoms with Crippen LogP contribution in [0.4, 0.5) is 0 Å². The molecule has 7 nitrogen and oxygen atoms in total. The Morgan fingerprint density at radius 3 is 2.69 bits per heavy atom. The van der Waals surface area contributed by atoms with Crippen molar-refractivity contribution in [2.75, 3.05) is 0 Å². The minimum atomic E-state index is -0.371. The first-order valence-corrected chi connectivity index (χ1v) is 8.16. The van der Waals surface area contributed by atoms with E-state index in [0.717, 1.165) is 5.56 Å². The maximum atomic E-state index is 11.9. The van der Waals surface area contributed by atoms with Crippen molar-refractivity contribution >= 4 is 35.9 Å². The summed E-state index contributed by atoms with van der Waals surface area (Å²) in [4.78, 5) is 13.1. The minimum Gasteiger partial charge on any atom is -0.271 e. The highest BCUT2D eigenvalue weighted by molar-refractivity contribution is 6.33. The van der Waals surface area contributed by atoms with Gasteiger partial charge >= 0.3 is 0 Å². The molecule has 1 heterocycles. The Kier molecular flexibility index (Phi) is 5.84. The Labute approximate surface area is 155 Å². The van der Waals surface area contributed by atoms with Crippen LogP contribution >= 0.6 is 11.6 Å². The van der Waals surface area contributed by atoms with Gasteiger partial charge < -0.3 is 0 Å². The number of carbonyl (C=O) groups excluding carboxylic acids is 1. The lowest BCUT2D eigenvalue weighted by atomic mass is 10.2. The molecular weight excluding hydrogens is 352 g/mol. The predicted molar refractivity (Wildman–Crippen MR) is 100 cm³/mol. The van der Waals surface area contributed by atoms with E-state index in [1.165, 1.54) is 11.0 Å². The first kappa shape index (κ1) is 17.5. The number of nitrogens with zero attached hydrogens (tertiary/aromatic N) is 5. The Balaban J connectivity index is 1.53. The quantitative estimate of drug-likeness (QED) is 0.537. The molecule has 0 saturated carbocycles. The highest BCUT2D eigenvalue weighted by Crippen LogP contribution is 2.12. The van der Waals surface area contributed by atoms with Gasteiger partial charge in [-0.3, -0.25) is 4.79 Å². The van der Waals surface area contributed by atoms with Gasteiger partial charge in [0.2, 0.25) is 0 Å². The van der Waals surface area contributed by atoms with E-state index in [4.69, 9.17) is 11.6 Å². The molecule has 0 aliphatic rings. The molecule has 130 valence electrons. The molecule has 0 radical (unpaired) electrons. The van der Waals surface area contributed by atoms with Gasteiger partial charge in [-0.2, -0.15) is 9.90 Å². The summed E-state index contributed by atoms with van der Waals surface area (Å²) in [6, 6.07) is 16.9. The third-order valence-electron chi connectivity index (χ3n) is 3.28. The molecule has 0 aliphatic heterocycles. The fourth-order valence-electron chi connectivity index (χ4n) is 2.04. The van der Waals surface area contributed by atoms with Gasteiger partial charge in [-0.05, 0) is 22.9 Å². The summed E-state index contributed by atoms with van der Waals surface area (Å²) in [6.07, 6.45) is 5.07. The maximum absolute atomic E-state index is 11.9. The number of hydrogen-bond donors (Lipinski definition) is 1. The number of hydrogen-bond acceptors (Lipinski definition) is 5. The van der Waals surface area contributed by atoms with Crippen molar-refractivity contribution in [1.29, 1.82) is 0 Å². The van der Waals surface area contributed by atoms with Crippen LogP contribution in [0.2, 0.25) is 5.02 Å². The summed E-state index contributed by atoms with van der Waals surface area (Å²) in [7, 11) is 0. The molecule has 3 rings (SSSR count). The summed E-state index contributed by atoms with van der Waals surface area (Å²) < 4.78 is 0. The molecule has 0 bridgehead atoms. The second-order valence-corrected chi connectivity index (χ2v) is 5.64. The zero-order valence-corrected chi connectivity index (χ0v) is 14.4. The predicted octanol–water partition coefficient (Wildman–Crippen LogP) is 2.65. The van der Waals surface area contributed by atoms with E-state index < -0.39 is 0 Å². The summed E-state index contributed by atoms with van der Waals surface area (Å²) in [5.41, 5.74) is 4.13. The van der Waals surface area contributed by atoms with Crippen molar-refractivity contribution in [1.82, 2.24) is 25.6 Å². The molecular formula is C18H15ClN6O. The lowest BCUT2D eigenvalue weighted by Gasteiger charge is -1.99. The van der Waals surface area contributed by atoms with Crippen LogP contribution < -0.4 is 5.43 Å². The lowest BCUT2D eigenvalue weighted by molar-refractivity contribution is -0.122. The number of amides is 1. The average Bonchev–Trinajstić information content (AvgIpc) is 3.10. The Bertz CT molecular complexity index is 936. The normalized spacial score (nSPS) is 11.3. The van der Waals surface area contributed by atoms with E-state index in [-0.39, 0.29) is 12.5 Å². The second kappa shape index (κ2) is 8.68. The zero-order chi connectivity index (χ0) is 18.2. The molecule has 1 aromatic heterocycles. The number of carbonyl (C=O) groups is 1. The third-order valence-corrected chi connectivity index (χ3v) is 3.62. The van der Waals surface area contributed by atoms with Crippen LogP contribution in [0.5, 0.6) is 0 Å². The molecule has 3 aromatic rings. The van der Waals surface area contributed by atoms with Crippen LogP contribution in [0.3, 0.4) is 0 Å². The number of nitrogens with one attached hydrogen (secondary N) is 1. The summed E-state index contributed by atoms with van der Waals surface area (Å²) in [5, 5.41) is 16.3. The third kappa shape index (κ3) is 5.09. The number of tetrazole rings is 1. The van der Waals surface area contributed by atoms with Gasteiger partial charge in [-0.1, -0.05) is 66.2 Å². The summed E-state index contributed by atoms with van der Waals surface area (Å²) >= 11 is 6.00. The molecule has 0 saturated heterocycles. The fourth-order valence-corrected chi connectivity index (χ4v) is 2.23. The number of benzene rings is 2. The Morgan fingerprint density at radius 1 is 1.12 bits per heavy atom. The van der Waals surface area contributed by atoms with Crippen molar-refractivity contribution in [3.8, 4) is 0 Å². The van der Waals surface area contributed by atoms with Gasteiger partial charge in [-0.15, -0.1) is 10.2 Å². The van der Waals surface area contributed by atoms with Crippen LogP contribution in [0, 0.1) is 0 Å². The van der Waals surface area contributed by atoms with Gasteiger partial charge in [0.1, 0.15) is 6.54 Å². The molecule has 2 aromatic carbocycles. The van der Waals surface area contributed by atoms with Crippen LogP contribution in [0.25, 0.3) is 12.2 Å². The monoisotopic (exact) mass is 366 g/mol. The molecule has 0 unspecified atom stereocenters. The standard InChI is InChI=1S/C18H15ClN6O/c19-16-9-5-4-8-15(16)12-20-22-18(26)13-25-23-17(21-24-25)11-10-14-6-2-1-3-7-14/h1-12H,13H2,(H,22,26)/b11-10+,20-12+. The fraction of sp³-hybridized carbons (Fsp3) is 0.0556. The van der Waals surface area contributed by atoms with Gasteiger partial charge in [0.15, 0.2) is 5.82 Å². The van der Waals surface area contributed by atoms with Crippen LogP contribution in [0.1, 0.15) is 17.0 Å². The SMILES string of the molecule is O=C(Cn1nnc(/C=C/c2ccccc2)n1)N/N=C/c1ccccc1Cl. The largest absolute Gasteiger partial charge is 0.271 e. The van der Waals surface area contributed by atoms with Crippen molar-refractivity contribution in [2.24, 2.45) is 5.10 Å². The minimum absolute atomic E-state index is 0.0912. The molecule has 0 spiro atoms. The smallest absolute Gasteiger partial charge is 0.263 e. The molecule has 0 aliphatic carbocycles. The summed E-state index contributed by atoms with van der Waals surface area (Å²) in [5.74, 6) is 0.0468. The second-order valence-electron chi connectivity index (χ2n) is 5.24. The van der Waals surface area contributed by atoms with E-state index in [1.54, 1.807) is 18.2 Å². The molecule has 1 amide bonds. The van der Waals surface area contributed by atoms with Crippen molar-refractivity contribution in [3.63, 3.8) is 0 Å². The first-order valence-electron chi connectivity index (χ1n) is 7.78. The molecule has 26 heavy (non-hydrogen) atoms. The number of halogens is 1. The number of hydrazone groups is 1. The Hall–Kier alpha value is -3.32. The van der Waals surface area contributed by atoms with Gasteiger partial charge in [0.25, 0.3) is 5.91 Å². The van der Waals surface area contributed by atoms with Gasteiger partial charge in [0, 0.05) is 10.6 Å². The number of rotatable bonds is 6. The number of aromatic nitrogens is 4. The van der Waals surface area contributed by atoms with Crippen LogP contribution in [0.15, 0.2) is 59.7 Å². The lowest BCUT2D eigenvalue weighted by Crippen LogP contribution is -2.24. The van der Waals surface area contributed by atoms with Crippen LogP contribution in [-0.4, -0.2) is 32.3 Å². The van der Waals surface area contributed by atoms with Gasteiger partial charge in [-0.25, -0.2) is 5.43 Å². The zero-order valence-electron chi connectivity index (χ0n) is 13.7. The van der Waals surface area contributed by atoms with E-state index in [0.29, 0.717) is 16.4 Å². The maximum Gasteiger partial charge on any atom is 0.263 e. The van der Waals surface area contributed by atoms with E-state index >= 15 is 0 Å².